The molecule has 0 aliphatic heterocycles. The highest BCUT2D eigenvalue weighted by atomic mass is 16.2. The van der Waals surface area contributed by atoms with Gasteiger partial charge in [-0.15, -0.1) is 0 Å². The van der Waals surface area contributed by atoms with Gasteiger partial charge >= 0.3 is 0 Å². The normalized spacial score (nSPS) is 19.1. The average Bonchev–Trinajstić information content (AvgIpc) is 2.59. The van der Waals surface area contributed by atoms with Gasteiger partial charge in [-0.05, 0) is 44.9 Å². The van der Waals surface area contributed by atoms with Gasteiger partial charge in [0.1, 0.15) is 0 Å². The summed E-state index contributed by atoms with van der Waals surface area (Å²) in [6.07, 6.45) is 13.9. The van der Waals surface area contributed by atoms with E-state index in [1.54, 1.807) is 6.92 Å². The van der Waals surface area contributed by atoms with E-state index in [0.29, 0.717) is 13.1 Å². The van der Waals surface area contributed by atoms with Gasteiger partial charge in [-0.25, -0.2) is 0 Å². The van der Waals surface area contributed by atoms with Gasteiger partial charge in [-0.1, -0.05) is 30.9 Å². The summed E-state index contributed by atoms with van der Waals surface area (Å²) in [5.74, 6) is 0.485. The third kappa shape index (κ3) is 6.36. The molecular formula is C19H32N2O2. The first-order valence-electron chi connectivity index (χ1n) is 9.38. The minimum atomic E-state index is 0.105. The Morgan fingerprint density at radius 1 is 1.13 bits per heavy atom. The van der Waals surface area contributed by atoms with Crippen LogP contribution in [0.1, 0.15) is 71.1 Å². The molecule has 23 heavy (non-hydrogen) atoms. The predicted molar refractivity (Wildman–Crippen MR) is 93.0 cm³/mol. The minimum Gasteiger partial charge on any atom is -0.354 e. The summed E-state index contributed by atoms with van der Waals surface area (Å²) in [5.41, 5.74) is 1.49. The summed E-state index contributed by atoms with van der Waals surface area (Å²) in [6, 6.07) is 0. The molecule has 1 fully saturated rings. The summed E-state index contributed by atoms with van der Waals surface area (Å²) < 4.78 is 0. The van der Waals surface area contributed by atoms with Gasteiger partial charge in [0, 0.05) is 32.5 Å². The monoisotopic (exact) mass is 320 g/mol. The zero-order valence-corrected chi connectivity index (χ0v) is 14.6. The fourth-order valence-corrected chi connectivity index (χ4v) is 3.66. The number of carbonyl (C=O) groups excluding carboxylic acids is 2. The second-order valence-corrected chi connectivity index (χ2v) is 6.99. The van der Waals surface area contributed by atoms with Crippen molar-refractivity contribution in [3.8, 4) is 0 Å². The molecule has 0 atom stereocenters. The van der Waals surface area contributed by atoms with E-state index in [-0.39, 0.29) is 17.7 Å². The van der Waals surface area contributed by atoms with E-state index in [4.69, 9.17) is 0 Å². The lowest BCUT2D eigenvalue weighted by Crippen LogP contribution is -2.40. The Hall–Kier alpha value is -1.32. The van der Waals surface area contributed by atoms with Crippen LogP contribution in [-0.4, -0.2) is 36.3 Å². The summed E-state index contributed by atoms with van der Waals surface area (Å²) in [6.45, 7) is 3.60. The van der Waals surface area contributed by atoms with Crippen molar-refractivity contribution in [3.63, 3.8) is 0 Å². The van der Waals surface area contributed by atoms with Crippen molar-refractivity contribution >= 4 is 11.8 Å². The number of amides is 2. The smallest absolute Gasteiger partial charge is 0.223 e. The van der Waals surface area contributed by atoms with E-state index in [9.17, 15) is 9.59 Å². The zero-order chi connectivity index (χ0) is 16.5. The highest BCUT2D eigenvalue weighted by molar-refractivity contribution is 5.78. The summed E-state index contributed by atoms with van der Waals surface area (Å²) in [5, 5.41) is 3.03. The highest BCUT2D eigenvalue weighted by Gasteiger charge is 2.20. The molecule has 130 valence electrons. The number of nitrogens with one attached hydrogen (secondary N) is 1. The third-order valence-electron chi connectivity index (χ3n) is 5.19. The number of hydrogen-bond donors (Lipinski definition) is 1. The van der Waals surface area contributed by atoms with E-state index >= 15 is 0 Å². The van der Waals surface area contributed by atoms with E-state index < -0.39 is 0 Å². The number of hydrogen-bond acceptors (Lipinski definition) is 2. The Morgan fingerprint density at radius 3 is 2.57 bits per heavy atom. The molecule has 0 radical (unpaired) electrons. The standard InChI is InChI=1S/C19H32N2O2/c1-16(22)21(14-12-17-8-4-2-5-9-17)15-13-20-19(23)18-10-6-3-7-11-18/h8,18H,2-7,9-15H2,1H3,(H,20,23). The van der Waals surface area contributed by atoms with Crippen LogP contribution >= 0.6 is 0 Å². The maximum Gasteiger partial charge on any atom is 0.223 e. The Bertz CT molecular complexity index is 425. The van der Waals surface area contributed by atoms with Gasteiger partial charge in [0.05, 0.1) is 0 Å². The lowest BCUT2D eigenvalue weighted by molar-refractivity contribution is -0.130. The van der Waals surface area contributed by atoms with Crippen molar-refractivity contribution < 1.29 is 9.59 Å². The lowest BCUT2D eigenvalue weighted by Gasteiger charge is -2.24. The Balaban J connectivity index is 1.68. The fourth-order valence-electron chi connectivity index (χ4n) is 3.66. The number of allylic oxidation sites excluding steroid dienone is 1. The van der Waals surface area contributed by atoms with E-state index in [1.165, 1.54) is 50.5 Å². The minimum absolute atomic E-state index is 0.105. The summed E-state index contributed by atoms with van der Waals surface area (Å²) in [7, 11) is 0. The Kier molecular flexibility index (Phi) is 7.63. The van der Waals surface area contributed by atoms with Gasteiger partial charge in [0.15, 0.2) is 0 Å². The quantitative estimate of drug-likeness (QED) is 0.731. The molecule has 1 saturated carbocycles. The van der Waals surface area contributed by atoms with Crippen LogP contribution in [0.3, 0.4) is 0 Å². The molecule has 0 aromatic rings. The van der Waals surface area contributed by atoms with Gasteiger partial charge in [-0.2, -0.15) is 0 Å². The van der Waals surface area contributed by atoms with Crippen LogP contribution < -0.4 is 5.32 Å². The second kappa shape index (κ2) is 9.74. The molecule has 2 aliphatic carbocycles. The first-order valence-corrected chi connectivity index (χ1v) is 9.38. The fraction of sp³-hybridized carbons (Fsp3) is 0.789. The SMILES string of the molecule is CC(=O)N(CCNC(=O)C1CCCCC1)CCC1=CCCCC1. The van der Waals surface area contributed by atoms with Gasteiger partial charge in [-0.3, -0.25) is 9.59 Å². The highest BCUT2D eigenvalue weighted by Crippen LogP contribution is 2.23. The largest absolute Gasteiger partial charge is 0.354 e. The number of nitrogens with zero attached hydrogens (tertiary/aromatic N) is 1. The summed E-state index contributed by atoms with van der Waals surface area (Å²) >= 11 is 0. The first-order chi connectivity index (χ1) is 11.2. The van der Waals surface area contributed by atoms with Crippen LogP contribution in [0.2, 0.25) is 0 Å². The molecule has 4 heteroatoms. The van der Waals surface area contributed by atoms with Gasteiger partial charge < -0.3 is 10.2 Å². The van der Waals surface area contributed by atoms with Crippen LogP contribution in [0.25, 0.3) is 0 Å². The maximum absolute atomic E-state index is 12.1. The van der Waals surface area contributed by atoms with Crippen molar-refractivity contribution in [1.29, 1.82) is 0 Å². The first kappa shape index (κ1) is 18.0. The average molecular weight is 320 g/mol. The van der Waals surface area contributed by atoms with Crippen LogP contribution in [0.4, 0.5) is 0 Å². The topological polar surface area (TPSA) is 49.4 Å². The van der Waals surface area contributed by atoms with Crippen molar-refractivity contribution in [2.45, 2.75) is 71.1 Å². The molecule has 0 aromatic heterocycles. The molecule has 0 bridgehead atoms. The maximum atomic E-state index is 12.1. The second-order valence-electron chi connectivity index (χ2n) is 6.99. The third-order valence-corrected chi connectivity index (χ3v) is 5.19. The van der Waals surface area contributed by atoms with Crippen LogP contribution in [0.5, 0.6) is 0 Å². The van der Waals surface area contributed by atoms with Crippen molar-refractivity contribution in [1.82, 2.24) is 10.2 Å². The van der Waals surface area contributed by atoms with Crippen LogP contribution in [0.15, 0.2) is 11.6 Å². The summed E-state index contributed by atoms with van der Waals surface area (Å²) in [4.78, 5) is 25.8. The van der Waals surface area contributed by atoms with Gasteiger partial charge in [0.2, 0.25) is 11.8 Å². The van der Waals surface area contributed by atoms with E-state index in [1.807, 2.05) is 4.90 Å². The Labute approximate surface area is 140 Å². The van der Waals surface area contributed by atoms with E-state index in [0.717, 1.165) is 25.8 Å². The predicted octanol–water partition coefficient (Wildman–Crippen LogP) is 3.42. The molecular weight excluding hydrogens is 288 g/mol. The molecule has 4 nitrogen and oxygen atoms in total. The molecule has 2 amide bonds. The molecule has 0 heterocycles. The number of rotatable bonds is 7. The van der Waals surface area contributed by atoms with Crippen molar-refractivity contribution in [2.75, 3.05) is 19.6 Å². The van der Waals surface area contributed by atoms with E-state index in [2.05, 4.69) is 11.4 Å². The van der Waals surface area contributed by atoms with Crippen molar-refractivity contribution in [3.05, 3.63) is 11.6 Å². The molecule has 2 aliphatic rings. The van der Waals surface area contributed by atoms with Crippen LogP contribution in [-0.2, 0) is 9.59 Å². The van der Waals surface area contributed by atoms with Crippen molar-refractivity contribution in [2.24, 2.45) is 5.92 Å². The Morgan fingerprint density at radius 2 is 1.91 bits per heavy atom. The number of carbonyl (C=O) groups is 2. The lowest BCUT2D eigenvalue weighted by atomic mass is 9.89. The molecule has 0 unspecified atom stereocenters. The van der Waals surface area contributed by atoms with Gasteiger partial charge in [0.25, 0.3) is 0 Å². The molecule has 0 aromatic carbocycles. The van der Waals surface area contributed by atoms with Crippen LogP contribution in [0, 0.1) is 5.92 Å². The molecule has 0 spiro atoms. The molecule has 0 saturated heterocycles. The molecule has 2 rings (SSSR count). The zero-order valence-electron chi connectivity index (χ0n) is 14.6. The molecule has 1 N–H and O–H groups in total.